The van der Waals surface area contributed by atoms with Gasteiger partial charge in [-0.1, -0.05) is 49.0 Å². The molecule has 2 aliphatic rings. The third kappa shape index (κ3) is 4.20. The number of benzene rings is 2. The fraction of sp³-hybridized carbons (Fsp3) is 0.333. The lowest BCUT2D eigenvalue weighted by Crippen LogP contribution is -2.42. The minimum atomic E-state index is -0.679. The molecular weight excluding hydrogens is 402 g/mol. The number of allylic oxidation sites excluding steroid dienone is 2. The summed E-state index contributed by atoms with van der Waals surface area (Å²) in [5, 5.41) is 3.31. The molecule has 0 radical (unpaired) electrons. The topological polar surface area (TPSA) is 64.6 Å². The highest BCUT2D eigenvalue weighted by Gasteiger charge is 2.45. The van der Waals surface area contributed by atoms with Crippen LogP contribution in [0.1, 0.15) is 49.7 Å². The van der Waals surface area contributed by atoms with Crippen molar-refractivity contribution in [3.05, 3.63) is 89.3 Å². The van der Waals surface area contributed by atoms with E-state index in [0.717, 1.165) is 22.6 Å². The SMILES string of the molecule is C=C1NC2=C(C(=O)CC(c3ccccc3)C2)C(c2ccc(OC)cc2)C1C(=O)OC(C)C. The zero-order valence-corrected chi connectivity index (χ0v) is 18.8. The molecule has 32 heavy (non-hydrogen) atoms. The van der Waals surface area contributed by atoms with Crippen LogP contribution < -0.4 is 10.1 Å². The van der Waals surface area contributed by atoms with Gasteiger partial charge >= 0.3 is 5.97 Å². The summed E-state index contributed by atoms with van der Waals surface area (Å²) in [6, 6.07) is 17.6. The van der Waals surface area contributed by atoms with Gasteiger partial charge in [0.15, 0.2) is 5.78 Å². The van der Waals surface area contributed by atoms with Crippen LogP contribution in [0.2, 0.25) is 0 Å². The molecule has 0 amide bonds. The van der Waals surface area contributed by atoms with Gasteiger partial charge in [-0.15, -0.1) is 0 Å². The zero-order valence-electron chi connectivity index (χ0n) is 18.8. The van der Waals surface area contributed by atoms with Gasteiger partial charge in [0.1, 0.15) is 11.7 Å². The molecule has 5 heteroatoms. The molecule has 1 aliphatic heterocycles. The smallest absolute Gasteiger partial charge is 0.316 e. The highest BCUT2D eigenvalue weighted by Crippen LogP contribution is 2.47. The highest BCUT2D eigenvalue weighted by atomic mass is 16.5. The van der Waals surface area contributed by atoms with Gasteiger partial charge in [-0.05, 0) is 49.4 Å². The molecule has 0 fully saturated rings. The summed E-state index contributed by atoms with van der Waals surface area (Å²) in [7, 11) is 1.61. The molecule has 3 unspecified atom stereocenters. The maximum Gasteiger partial charge on any atom is 0.316 e. The Balaban J connectivity index is 1.78. The van der Waals surface area contributed by atoms with E-state index in [2.05, 4.69) is 24.0 Å². The Morgan fingerprint density at radius 1 is 1.03 bits per heavy atom. The highest BCUT2D eigenvalue weighted by molar-refractivity contribution is 6.01. The number of ketones is 1. The lowest BCUT2D eigenvalue weighted by atomic mass is 9.69. The summed E-state index contributed by atoms with van der Waals surface area (Å²) in [6.45, 7) is 7.80. The van der Waals surface area contributed by atoms with Crippen molar-refractivity contribution < 1.29 is 19.1 Å². The van der Waals surface area contributed by atoms with Crippen LogP contribution in [0.3, 0.4) is 0 Å². The molecule has 5 nitrogen and oxygen atoms in total. The molecule has 1 aliphatic carbocycles. The number of Topliss-reactive ketones (excluding diaryl/α,β-unsaturated/α-hetero) is 1. The van der Waals surface area contributed by atoms with Gasteiger partial charge in [-0.2, -0.15) is 0 Å². The summed E-state index contributed by atoms with van der Waals surface area (Å²) in [4.78, 5) is 26.6. The first-order valence-electron chi connectivity index (χ1n) is 11.0. The largest absolute Gasteiger partial charge is 0.497 e. The van der Waals surface area contributed by atoms with E-state index in [-0.39, 0.29) is 23.8 Å². The van der Waals surface area contributed by atoms with Crippen molar-refractivity contribution in [2.45, 2.75) is 44.6 Å². The van der Waals surface area contributed by atoms with Crippen molar-refractivity contribution in [3.63, 3.8) is 0 Å². The molecule has 0 aromatic heterocycles. The van der Waals surface area contributed by atoms with E-state index in [1.54, 1.807) is 7.11 Å². The van der Waals surface area contributed by atoms with E-state index >= 15 is 0 Å². The van der Waals surface area contributed by atoms with E-state index in [0.29, 0.717) is 24.1 Å². The third-order valence-corrected chi connectivity index (χ3v) is 6.19. The molecule has 0 spiro atoms. The van der Waals surface area contributed by atoms with Crippen LogP contribution >= 0.6 is 0 Å². The van der Waals surface area contributed by atoms with E-state index in [1.807, 2.05) is 56.3 Å². The van der Waals surface area contributed by atoms with E-state index < -0.39 is 11.8 Å². The molecular formula is C27H29NO4. The van der Waals surface area contributed by atoms with Crippen LogP contribution in [0.5, 0.6) is 5.75 Å². The lowest BCUT2D eigenvalue weighted by molar-refractivity contribution is -0.151. The number of esters is 1. The van der Waals surface area contributed by atoms with Crippen molar-refractivity contribution >= 4 is 11.8 Å². The zero-order chi connectivity index (χ0) is 22.8. The standard InChI is InChI=1S/C27H29NO4/c1-16(2)32-27(30)24-17(3)28-22-14-20(18-8-6-5-7-9-18)15-23(29)26(22)25(24)19-10-12-21(31-4)13-11-19/h5-13,16,20,24-25,28H,3,14-15H2,1-2,4H3. The van der Waals surface area contributed by atoms with Gasteiger partial charge in [0, 0.05) is 29.3 Å². The number of carbonyl (C=O) groups excluding carboxylic acids is 2. The monoisotopic (exact) mass is 431 g/mol. The molecule has 4 rings (SSSR count). The number of carbonyl (C=O) groups is 2. The second-order valence-electron chi connectivity index (χ2n) is 8.70. The number of rotatable bonds is 5. The summed E-state index contributed by atoms with van der Waals surface area (Å²) in [5.74, 6) is -0.623. The maximum atomic E-state index is 13.5. The van der Waals surface area contributed by atoms with Crippen LogP contribution in [0.15, 0.2) is 78.1 Å². The van der Waals surface area contributed by atoms with Crippen molar-refractivity contribution in [1.82, 2.24) is 5.32 Å². The lowest BCUT2D eigenvalue weighted by Gasteiger charge is -2.40. The first-order chi connectivity index (χ1) is 15.4. The van der Waals surface area contributed by atoms with Gasteiger partial charge in [0.05, 0.1) is 13.2 Å². The second-order valence-corrected chi connectivity index (χ2v) is 8.70. The van der Waals surface area contributed by atoms with Crippen LogP contribution in [0, 0.1) is 5.92 Å². The fourth-order valence-electron chi connectivity index (χ4n) is 4.76. The Bertz CT molecular complexity index is 1050. The molecule has 3 atom stereocenters. The van der Waals surface area contributed by atoms with Crippen molar-refractivity contribution in [3.8, 4) is 5.75 Å². The molecule has 166 valence electrons. The van der Waals surface area contributed by atoms with E-state index in [9.17, 15) is 9.59 Å². The Labute approximate surface area is 189 Å². The Hall–Kier alpha value is -3.34. The Morgan fingerprint density at radius 3 is 2.34 bits per heavy atom. The number of methoxy groups -OCH3 is 1. The quantitative estimate of drug-likeness (QED) is 0.685. The normalized spacial score (nSPS) is 22.9. The van der Waals surface area contributed by atoms with Crippen LogP contribution in [-0.4, -0.2) is 25.0 Å². The van der Waals surface area contributed by atoms with Gasteiger partial charge in [0.25, 0.3) is 0 Å². The maximum absolute atomic E-state index is 13.5. The van der Waals surface area contributed by atoms with Crippen LogP contribution in [0.4, 0.5) is 0 Å². The predicted octanol–water partition coefficient (Wildman–Crippen LogP) is 4.86. The second kappa shape index (κ2) is 9.03. The number of ether oxygens (including phenoxy) is 2. The minimum Gasteiger partial charge on any atom is -0.497 e. The Kier molecular flexibility index (Phi) is 6.17. The summed E-state index contributed by atoms with van der Waals surface area (Å²) < 4.78 is 10.9. The minimum absolute atomic E-state index is 0.0586. The molecule has 2 aromatic rings. The first-order valence-corrected chi connectivity index (χ1v) is 11.0. The first kappa shape index (κ1) is 21.9. The summed E-state index contributed by atoms with van der Waals surface area (Å²) in [6.07, 6.45) is 0.852. The van der Waals surface area contributed by atoms with E-state index in [1.165, 1.54) is 0 Å². The molecule has 0 saturated heterocycles. The summed E-state index contributed by atoms with van der Waals surface area (Å²) >= 11 is 0. The number of hydrogen-bond donors (Lipinski definition) is 1. The van der Waals surface area contributed by atoms with Gasteiger partial charge in [-0.25, -0.2) is 0 Å². The molecule has 2 aromatic carbocycles. The van der Waals surface area contributed by atoms with Crippen LogP contribution in [-0.2, 0) is 14.3 Å². The average Bonchev–Trinajstić information content (AvgIpc) is 2.78. The number of nitrogens with one attached hydrogen (secondary N) is 1. The van der Waals surface area contributed by atoms with E-state index in [4.69, 9.17) is 9.47 Å². The van der Waals surface area contributed by atoms with Gasteiger partial charge in [0.2, 0.25) is 0 Å². The van der Waals surface area contributed by atoms with Gasteiger partial charge < -0.3 is 14.8 Å². The van der Waals surface area contributed by atoms with Crippen molar-refractivity contribution in [1.29, 1.82) is 0 Å². The number of hydrogen-bond acceptors (Lipinski definition) is 5. The molecule has 0 bridgehead atoms. The molecule has 1 N–H and O–H groups in total. The van der Waals surface area contributed by atoms with Crippen molar-refractivity contribution in [2.75, 3.05) is 7.11 Å². The Morgan fingerprint density at radius 2 is 1.72 bits per heavy atom. The fourth-order valence-corrected chi connectivity index (χ4v) is 4.76. The van der Waals surface area contributed by atoms with Crippen molar-refractivity contribution in [2.24, 2.45) is 5.92 Å². The molecule has 0 saturated carbocycles. The predicted molar refractivity (Wildman–Crippen MR) is 123 cm³/mol. The van der Waals surface area contributed by atoms with Crippen LogP contribution in [0.25, 0.3) is 0 Å². The third-order valence-electron chi connectivity index (χ3n) is 6.19. The van der Waals surface area contributed by atoms with Gasteiger partial charge in [-0.3, -0.25) is 9.59 Å². The molecule has 1 heterocycles. The average molecular weight is 432 g/mol. The summed E-state index contributed by atoms with van der Waals surface area (Å²) in [5.41, 5.74) is 4.10.